The predicted octanol–water partition coefficient (Wildman–Crippen LogP) is 4.07. The van der Waals surface area contributed by atoms with E-state index in [1.54, 1.807) is 11.8 Å². The van der Waals surface area contributed by atoms with Gasteiger partial charge in [-0.25, -0.2) is 4.98 Å². The first-order valence-corrected chi connectivity index (χ1v) is 7.38. The molecule has 96 valence electrons. The average Bonchev–Trinajstić information content (AvgIpc) is 2.66. The molecule has 0 fully saturated rings. The SMILES string of the molecule is Cc1cc(C)cc(CSc2ncc(CCl)n2C)c1. The molecule has 0 aliphatic heterocycles. The maximum atomic E-state index is 5.83. The van der Waals surface area contributed by atoms with Gasteiger partial charge < -0.3 is 4.57 Å². The zero-order valence-corrected chi connectivity index (χ0v) is 12.5. The zero-order chi connectivity index (χ0) is 13.1. The Kier molecular flexibility index (Phi) is 4.36. The number of benzene rings is 1. The number of hydrogen-bond donors (Lipinski definition) is 0. The molecule has 0 bridgehead atoms. The number of aryl methyl sites for hydroxylation is 2. The number of halogens is 1. The standard InChI is InChI=1S/C14H17ClN2S/c1-10-4-11(2)6-12(5-10)9-18-14-16-8-13(7-15)17(14)3/h4-6,8H,7,9H2,1-3H3. The predicted molar refractivity (Wildman–Crippen MR) is 78.2 cm³/mol. The lowest BCUT2D eigenvalue weighted by Crippen LogP contribution is -1.96. The summed E-state index contributed by atoms with van der Waals surface area (Å²) in [4.78, 5) is 4.39. The molecule has 1 aromatic heterocycles. The Morgan fingerprint density at radius 1 is 1.22 bits per heavy atom. The molecule has 1 heterocycles. The molecule has 0 saturated carbocycles. The van der Waals surface area contributed by atoms with Gasteiger partial charge in [-0.2, -0.15) is 0 Å². The fraction of sp³-hybridized carbons (Fsp3) is 0.357. The van der Waals surface area contributed by atoms with Crippen LogP contribution in [0.1, 0.15) is 22.4 Å². The second-order valence-corrected chi connectivity index (χ2v) is 5.72. The molecule has 2 nitrogen and oxygen atoms in total. The van der Waals surface area contributed by atoms with E-state index in [9.17, 15) is 0 Å². The van der Waals surface area contributed by atoms with Gasteiger partial charge in [0.2, 0.25) is 0 Å². The van der Waals surface area contributed by atoms with E-state index in [-0.39, 0.29) is 0 Å². The van der Waals surface area contributed by atoms with Gasteiger partial charge in [-0.3, -0.25) is 0 Å². The number of rotatable bonds is 4. The third kappa shape index (κ3) is 3.09. The van der Waals surface area contributed by atoms with Crippen molar-refractivity contribution in [1.29, 1.82) is 0 Å². The van der Waals surface area contributed by atoms with Crippen molar-refractivity contribution in [2.75, 3.05) is 0 Å². The first-order valence-electron chi connectivity index (χ1n) is 5.86. The summed E-state index contributed by atoms with van der Waals surface area (Å²) in [5, 5.41) is 1.02. The molecule has 0 spiro atoms. The Labute approximate surface area is 117 Å². The van der Waals surface area contributed by atoms with Crippen molar-refractivity contribution >= 4 is 23.4 Å². The van der Waals surface area contributed by atoms with Crippen LogP contribution < -0.4 is 0 Å². The molecule has 0 N–H and O–H groups in total. The molecule has 0 saturated heterocycles. The summed E-state index contributed by atoms with van der Waals surface area (Å²) in [7, 11) is 2.01. The van der Waals surface area contributed by atoms with Crippen LogP contribution in [0.15, 0.2) is 29.6 Å². The van der Waals surface area contributed by atoms with Crippen molar-refractivity contribution in [2.45, 2.75) is 30.6 Å². The van der Waals surface area contributed by atoms with Gasteiger partial charge in [-0.15, -0.1) is 11.6 Å². The van der Waals surface area contributed by atoms with Gasteiger partial charge in [0.05, 0.1) is 17.8 Å². The lowest BCUT2D eigenvalue weighted by molar-refractivity contribution is 0.761. The molecule has 0 amide bonds. The van der Waals surface area contributed by atoms with Crippen LogP contribution in [0.5, 0.6) is 0 Å². The van der Waals surface area contributed by atoms with E-state index in [1.807, 2.05) is 13.2 Å². The fourth-order valence-corrected chi connectivity index (χ4v) is 3.13. The molecule has 4 heteroatoms. The van der Waals surface area contributed by atoms with Crippen LogP contribution in [-0.2, 0) is 18.7 Å². The van der Waals surface area contributed by atoms with Crippen molar-refractivity contribution in [1.82, 2.24) is 9.55 Å². The summed E-state index contributed by atoms with van der Waals surface area (Å²) in [6.45, 7) is 4.26. The second kappa shape index (κ2) is 5.81. The molecule has 2 aromatic rings. The first kappa shape index (κ1) is 13.5. The molecule has 0 aliphatic rings. The van der Waals surface area contributed by atoms with E-state index < -0.39 is 0 Å². The Hall–Kier alpha value is -0.930. The largest absolute Gasteiger partial charge is 0.325 e. The summed E-state index contributed by atoms with van der Waals surface area (Å²) in [5.74, 6) is 1.45. The summed E-state index contributed by atoms with van der Waals surface area (Å²) < 4.78 is 2.06. The molecule has 18 heavy (non-hydrogen) atoms. The van der Waals surface area contributed by atoms with Crippen LogP contribution in [0.4, 0.5) is 0 Å². The summed E-state index contributed by atoms with van der Waals surface area (Å²) in [6.07, 6.45) is 1.84. The third-order valence-electron chi connectivity index (χ3n) is 2.83. The molecular weight excluding hydrogens is 264 g/mol. The smallest absolute Gasteiger partial charge is 0.168 e. The lowest BCUT2D eigenvalue weighted by Gasteiger charge is -2.06. The van der Waals surface area contributed by atoms with Gasteiger partial charge in [-0.1, -0.05) is 41.1 Å². The average molecular weight is 281 g/mol. The van der Waals surface area contributed by atoms with E-state index >= 15 is 0 Å². The Balaban J connectivity index is 2.09. The highest BCUT2D eigenvalue weighted by atomic mass is 35.5. The zero-order valence-electron chi connectivity index (χ0n) is 10.9. The van der Waals surface area contributed by atoms with Gasteiger partial charge in [-0.05, 0) is 19.4 Å². The molecule has 2 rings (SSSR count). The minimum atomic E-state index is 0.508. The van der Waals surface area contributed by atoms with Crippen LogP contribution in [0.2, 0.25) is 0 Å². The number of hydrogen-bond acceptors (Lipinski definition) is 2. The quantitative estimate of drug-likeness (QED) is 0.621. The van der Waals surface area contributed by atoms with E-state index in [2.05, 4.69) is 41.6 Å². The van der Waals surface area contributed by atoms with Crippen molar-refractivity contribution in [3.63, 3.8) is 0 Å². The summed E-state index contributed by atoms with van der Waals surface area (Å²) in [5.41, 5.74) is 5.02. The molecule has 0 atom stereocenters. The highest BCUT2D eigenvalue weighted by Crippen LogP contribution is 2.23. The van der Waals surface area contributed by atoms with Crippen LogP contribution in [0.25, 0.3) is 0 Å². The Morgan fingerprint density at radius 2 is 1.89 bits per heavy atom. The van der Waals surface area contributed by atoms with Crippen LogP contribution in [-0.4, -0.2) is 9.55 Å². The number of aromatic nitrogens is 2. The van der Waals surface area contributed by atoms with Crippen LogP contribution in [0, 0.1) is 13.8 Å². The van der Waals surface area contributed by atoms with E-state index in [4.69, 9.17) is 11.6 Å². The van der Waals surface area contributed by atoms with Gasteiger partial charge in [0, 0.05) is 12.8 Å². The molecule has 0 aliphatic carbocycles. The number of nitrogens with zero attached hydrogens (tertiary/aromatic N) is 2. The number of thioether (sulfide) groups is 1. The minimum absolute atomic E-state index is 0.508. The van der Waals surface area contributed by atoms with Gasteiger partial charge in [0.25, 0.3) is 0 Å². The maximum absolute atomic E-state index is 5.83. The van der Waals surface area contributed by atoms with Gasteiger partial charge in [0.15, 0.2) is 5.16 Å². The van der Waals surface area contributed by atoms with E-state index in [1.165, 1.54) is 16.7 Å². The molecule has 0 unspecified atom stereocenters. The topological polar surface area (TPSA) is 17.8 Å². The molecular formula is C14H17ClN2S. The summed E-state index contributed by atoms with van der Waals surface area (Å²) >= 11 is 7.58. The van der Waals surface area contributed by atoms with Crippen molar-refractivity contribution in [3.8, 4) is 0 Å². The van der Waals surface area contributed by atoms with Crippen molar-refractivity contribution < 1.29 is 0 Å². The Morgan fingerprint density at radius 3 is 2.44 bits per heavy atom. The normalized spacial score (nSPS) is 10.9. The van der Waals surface area contributed by atoms with E-state index in [0.29, 0.717) is 5.88 Å². The first-order chi connectivity index (χ1) is 8.60. The van der Waals surface area contributed by atoms with Crippen molar-refractivity contribution in [3.05, 3.63) is 46.8 Å². The molecule has 1 aromatic carbocycles. The fourth-order valence-electron chi connectivity index (χ4n) is 1.98. The molecule has 0 radical (unpaired) electrons. The van der Waals surface area contributed by atoms with Crippen LogP contribution in [0.3, 0.4) is 0 Å². The third-order valence-corrected chi connectivity index (χ3v) is 4.22. The number of alkyl halides is 1. The monoisotopic (exact) mass is 280 g/mol. The summed E-state index contributed by atoms with van der Waals surface area (Å²) in [6, 6.07) is 6.65. The maximum Gasteiger partial charge on any atom is 0.168 e. The highest BCUT2D eigenvalue weighted by Gasteiger charge is 2.06. The van der Waals surface area contributed by atoms with Gasteiger partial charge in [0.1, 0.15) is 0 Å². The Bertz CT molecular complexity index is 528. The number of imidazole rings is 1. The highest BCUT2D eigenvalue weighted by molar-refractivity contribution is 7.98. The minimum Gasteiger partial charge on any atom is -0.325 e. The van der Waals surface area contributed by atoms with Gasteiger partial charge >= 0.3 is 0 Å². The van der Waals surface area contributed by atoms with Crippen LogP contribution >= 0.6 is 23.4 Å². The van der Waals surface area contributed by atoms with Crippen molar-refractivity contribution in [2.24, 2.45) is 7.05 Å². The second-order valence-electron chi connectivity index (χ2n) is 4.51. The lowest BCUT2D eigenvalue weighted by atomic mass is 10.1. The van der Waals surface area contributed by atoms with E-state index in [0.717, 1.165) is 16.6 Å².